The summed E-state index contributed by atoms with van der Waals surface area (Å²) in [6, 6.07) is 10.4. The minimum absolute atomic E-state index is 0. The van der Waals surface area contributed by atoms with Crippen LogP contribution in [0.15, 0.2) is 46.5 Å². The van der Waals surface area contributed by atoms with Gasteiger partial charge >= 0.3 is 0 Å². The van der Waals surface area contributed by atoms with Crippen LogP contribution in [0, 0.1) is 0 Å². The van der Waals surface area contributed by atoms with Gasteiger partial charge in [-0.2, -0.15) is 0 Å². The highest BCUT2D eigenvalue weighted by atomic mass is 127. The summed E-state index contributed by atoms with van der Waals surface area (Å²) in [5.41, 5.74) is 0. The highest BCUT2D eigenvalue weighted by Gasteiger charge is 2.07. The molecule has 0 bridgehead atoms. The molecule has 0 radical (unpaired) electrons. The molecule has 0 aliphatic rings. The molecule has 1 unspecified atom stereocenters. The lowest BCUT2D eigenvalue weighted by Gasteiger charge is -2.15. The number of benzene rings is 1. The van der Waals surface area contributed by atoms with Gasteiger partial charge in [0.05, 0.1) is 6.54 Å². The van der Waals surface area contributed by atoms with Crippen LogP contribution in [0.3, 0.4) is 0 Å². The van der Waals surface area contributed by atoms with Crippen LogP contribution in [0.5, 0.6) is 0 Å². The molecule has 1 aromatic heterocycles. The minimum Gasteiger partial charge on any atom is -0.355 e. The summed E-state index contributed by atoms with van der Waals surface area (Å²) in [4.78, 5) is 5.53. The van der Waals surface area contributed by atoms with Gasteiger partial charge < -0.3 is 15.2 Å². The number of aryl methyl sites for hydroxylation is 1. The van der Waals surface area contributed by atoms with E-state index in [0.29, 0.717) is 11.8 Å². The van der Waals surface area contributed by atoms with Gasteiger partial charge in [-0.1, -0.05) is 25.1 Å². The third-order valence-corrected chi connectivity index (χ3v) is 4.42. The second-order valence-electron chi connectivity index (χ2n) is 5.08. The van der Waals surface area contributed by atoms with Crippen LogP contribution < -0.4 is 10.6 Å². The van der Waals surface area contributed by atoms with E-state index in [4.69, 9.17) is 0 Å². The predicted octanol–water partition coefficient (Wildman–Crippen LogP) is 2.76. The van der Waals surface area contributed by atoms with Gasteiger partial charge in [-0.25, -0.2) is 0 Å². The lowest BCUT2D eigenvalue weighted by molar-refractivity contribution is 0.669. The number of aliphatic imine (C=N–C) groups is 1. The largest absolute Gasteiger partial charge is 0.355 e. The Kier molecular flexibility index (Phi) is 9.77. The van der Waals surface area contributed by atoms with Crippen molar-refractivity contribution in [3.05, 3.63) is 42.5 Å². The van der Waals surface area contributed by atoms with E-state index in [1.807, 2.05) is 22.4 Å². The van der Waals surface area contributed by atoms with Crippen LogP contribution in [-0.4, -0.2) is 39.6 Å². The van der Waals surface area contributed by atoms with Crippen molar-refractivity contribution < 1.29 is 0 Å². The van der Waals surface area contributed by atoms with Gasteiger partial charge in [0, 0.05) is 30.3 Å². The van der Waals surface area contributed by atoms with Gasteiger partial charge in [-0.3, -0.25) is 4.99 Å². The quantitative estimate of drug-likeness (QED) is 0.288. The van der Waals surface area contributed by atoms with Crippen LogP contribution in [0.4, 0.5) is 0 Å². The molecule has 0 saturated heterocycles. The maximum Gasteiger partial charge on any atom is 0.191 e. The number of aromatic nitrogens is 3. The summed E-state index contributed by atoms with van der Waals surface area (Å²) >= 11 is 1.85. The molecule has 2 N–H and O–H groups in total. The molecule has 0 aliphatic carbocycles. The molecule has 132 valence electrons. The summed E-state index contributed by atoms with van der Waals surface area (Å²) in [6.45, 7) is 6.57. The maximum atomic E-state index is 4.25. The Hall–Kier alpha value is -1.29. The number of hydrogen-bond donors (Lipinski definition) is 2. The fraction of sp³-hybridized carbons (Fsp3) is 0.438. The molecule has 2 aromatic rings. The van der Waals surface area contributed by atoms with E-state index in [1.54, 1.807) is 13.4 Å². The van der Waals surface area contributed by atoms with Crippen LogP contribution in [0.25, 0.3) is 0 Å². The lowest BCUT2D eigenvalue weighted by Crippen LogP contribution is -2.40. The first-order valence-electron chi connectivity index (χ1n) is 7.75. The molecule has 2 rings (SSSR count). The number of nitrogens with one attached hydrogen (secondary N) is 2. The third kappa shape index (κ3) is 6.68. The number of halogens is 1. The molecule has 6 nitrogen and oxygen atoms in total. The highest BCUT2D eigenvalue weighted by molar-refractivity contribution is 14.0. The van der Waals surface area contributed by atoms with Gasteiger partial charge in [-0.05, 0) is 19.1 Å². The van der Waals surface area contributed by atoms with Crippen LogP contribution in [-0.2, 0) is 13.1 Å². The average molecular weight is 460 g/mol. The molecule has 1 heterocycles. The Balaban J connectivity index is 0.00000288. The van der Waals surface area contributed by atoms with E-state index in [-0.39, 0.29) is 24.0 Å². The topological polar surface area (TPSA) is 67.1 Å². The number of hydrogen-bond acceptors (Lipinski definition) is 4. The molecule has 0 aliphatic heterocycles. The van der Waals surface area contributed by atoms with Gasteiger partial charge in [0.25, 0.3) is 0 Å². The van der Waals surface area contributed by atoms with Crippen LogP contribution in [0.2, 0.25) is 0 Å². The van der Waals surface area contributed by atoms with Crippen molar-refractivity contribution >= 4 is 41.7 Å². The first-order valence-corrected chi connectivity index (χ1v) is 8.63. The summed E-state index contributed by atoms with van der Waals surface area (Å²) in [5.74, 6) is 1.68. The fourth-order valence-corrected chi connectivity index (χ4v) is 3.02. The SMILES string of the molecule is CCn1cnnc1CNC(=NC)NCC(C)Sc1ccccc1.I. The predicted molar refractivity (Wildman–Crippen MR) is 111 cm³/mol. The van der Waals surface area contributed by atoms with Crippen molar-refractivity contribution in [3.63, 3.8) is 0 Å². The Morgan fingerprint density at radius 3 is 2.71 bits per heavy atom. The zero-order valence-electron chi connectivity index (χ0n) is 14.3. The van der Waals surface area contributed by atoms with E-state index in [9.17, 15) is 0 Å². The summed E-state index contributed by atoms with van der Waals surface area (Å²) in [5, 5.41) is 15.1. The Morgan fingerprint density at radius 2 is 2.04 bits per heavy atom. The number of thioether (sulfide) groups is 1. The Labute approximate surface area is 164 Å². The van der Waals surface area contributed by atoms with E-state index in [1.165, 1.54) is 4.90 Å². The first-order chi connectivity index (χ1) is 11.2. The van der Waals surface area contributed by atoms with E-state index >= 15 is 0 Å². The Morgan fingerprint density at radius 1 is 1.29 bits per heavy atom. The normalized spacial score (nSPS) is 12.4. The number of rotatable bonds is 7. The first kappa shape index (κ1) is 20.8. The second-order valence-corrected chi connectivity index (χ2v) is 6.59. The van der Waals surface area contributed by atoms with Crippen molar-refractivity contribution in [3.8, 4) is 0 Å². The minimum atomic E-state index is 0. The second kappa shape index (κ2) is 11.3. The third-order valence-electron chi connectivity index (χ3n) is 3.31. The average Bonchev–Trinajstić information content (AvgIpc) is 3.03. The summed E-state index contributed by atoms with van der Waals surface area (Å²) in [6.07, 6.45) is 1.74. The molecule has 0 saturated carbocycles. The molecule has 1 aromatic carbocycles. The zero-order chi connectivity index (χ0) is 16.5. The molecule has 24 heavy (non-hydrogen) atoms. The van der Waals surface area contributed by atoms with Crippen LogP contribution in [0.1, 0.15) is 19.7 Å². The fourth-order valence-electron chi connectivity index (χ4n) is 2.08. The monoisotopic (exact) mass is 460 g/mol. The van der Waals surface area contributed by atoms with Gasteiger partial charge in [0.15, 0.2) is 11.8 Å². The smallest absolute Gasteiger partial charge is 0.191 e. The van der Waals surface area contributed by atoms with Crippen LogP contribution >= 0.6 is 35.7 Å². The van der Waals surface area contributed by atoms with E-state index in [0.717, 1.165) is 24.9 Å². The molecular formula is C16H25IN6S. The molecular weight excluding hydrogens is 435 g/mol. The molecule has 0 spiro atoms. The molecule has 1 atom stereocenters. The number of guanidine groups is 1. The zero-order valence-corrected chi connectivity index (χ0v) is 17.4. The maximum absolute atomic E-state index is 4.25. The van der Waals surface area contributed by atoms with Crippen molar-refractivity contribution in [2.24, 2.45) is 4.99 Å². The van der Waals surface area contributed by atoms with Gasteiger partial charge in [-0.15, -0.1) is 45.9 Å². The standard InChI is InChI=1S/C16H24N6S.HI/c1-4-22-12-20-21-15(22)11-19-16(17-3)18-10-13(2)23-14-8-6-5-7-9-14;/h5-9,12-13H,4,10-11H2,1-3H3,(H2,17,18,19);1H. The molecule has 0 fully saturated rings. The highest BCUT2D eigenvalue weighted by Crippen LogP contribution is 2.21. The van der Waals surface area contributed by atoms with Crippen molar-refractivity contribution in [1.82, 2.24) is 25.4 Å². The number of nitrogens with zero attached hydrogens (tertiary/aromatic N) is 4. The molecule has 8 heteroatoms. The van der Waals surface area contributed by atoms with Gasteiger partial charge in [0.1, 0.15) is 6.33 Å². The van der Waals surface area contributed by atoms with E-state index < -0.39 is 0 Å². The van der Waals surface area contributed by atoms with E-state index in [2.05, 4.69) is 63.9 Å². The van der Waals surface area contributed by atoms with Crippen molar-refractivity contribution in [2.45, 2.75) is 37.1 Å². The summed E-state index contributed by atoms with van der Waals surface area (Å²) in [7, 11) is 1.77. The van der Waals surface area contributed by atoms with Crippen molar-refractivity contribution in [1.29, 1.82) is 0 Å². The molecule has 0 amide bonds. The van der Waals surface area contributed by atoms with Gasteiger partial charge in [0.2, 0.25) is 0 Å². The lowest BCUT2D eigenvalue weighted by atomic mass is 10.4. The van der Waals surface area contributed by atoms with Crippen molar-refractivity contribution in [2.75, 3.05) is 13.6 Å². The summed E-state index contributed by atoms with van der Waals surface area (Å²) < 4.78 is 2.01. The Bertz CT molecular complexity index is 616.